The molecule has 0 unspecified atom stereocenters. The molecule has 18 atom stereocenters. The van der Waals surface area contributed by atoms with E-state index >= 15 is 0 Å². The third kappa shape index (κ3) is 9.73. The van der Waals surface area contributed by atoms with Gasteiger partial charge < -0.3 is 63.7 Å². The monoisotopic (exact) mass is 762 g/mol. The van der Waals surface area contributed by atoms with E-state index in [-0.39, 0.29) is 37.1 Å². The molecule has 0 aromatic heterocycles. The zero-order valence-corrected chi connectivity index (χ0v) is 34.4. The average Bonchev–Trinajstić information content (AvgIpc) is 3.10. The lowest BCUT2D eigenvalue weighted by Gasteiger charge is -2.50. The van der Waals surface area contributed by atoms with E-state index in [4.69, 9.17) is 33.2 Å². The highest BCUT2D eigenvalue weighted by Gasteiger charge is 2.54. The number of hydrogen-bond acceptors (Lipinski definition) is 15. The van der Waals surface area contributed by atoms with Gasteiger partial charge in [0.2, 0.25) is 0 Å². The van der Waals surface area contributed by atoms with Crippen molar-refractivity contribution in [3.05, 3.63) is 0 Å². The minimum absolute atomic E-state index is 0.128. The second-order valence-electron chi connectivity index (χ2n) is 16.8. The minimum atomic E-state index is -1.94. The molecule has 0 saturated carbocycles. The Kier molecular flexibility index (Phi) is 15.7. The maximum absolute atomic E-state index is 14.2. The minimum Gasteiger partial charge on any atom is -0.459 e. The summed E-state index contributed by atoms with van der Waals surface area (Å²) in [6, 6.07) is -0.282. The summed E-state index contributed by atoms with van der Waals surface area (Å²) in [5, 5.41) is 59.8. The zero-order valence-electron chi connectivity index (χ0n) is 34.4. The summed E-state index contributed by atoms with van der Waals surface area (Å²) in [5.41, 5.74) is -3.99. The first-order valence-corrected chi connectivity index (χ1v) is 19.1. The van der Waals surface area contributed by atoms with E-state index in [2.05, 4.69) is 5.16 Å². The molecule has 15 nitrogen and oxygen atoms in total. The van der Waals surface area contributed by atoms with Crippen LogP contribution in [0.3, 0.4) is 0 Å². The molecule has 53 heavy (non-hydrogen) atoms. The summed E-state index contributed by atoms with van der Waals surface area (Å²) < 4.78 is 44.1. The van der Waals surface area contributed by atoms with E-state index in [0.717, 1.165) is 0 Å². The lowest BCUT2D eigenvalue weighted by atomic mass is 9.73. The number of hydrogen-bond donors (Lipinski definition) is 5. The number of methoxy groups -OCH3 is 2. The fourth-order valence-electron chi connectivity index (χ4n) is 8.78. The number of likely N-dealkylation sites (N-methyl/N-ethyl adjacent to an activating group) is 1. The van der Waals surface area contributed by atoms with Gasteiger partial charge >= 0.3 is 5.97 Å². The Hall–Kier alpha value is -1.50. The van der Waals surface area contributed by atoms with E-state index in [1.54, 1.807) is 34.6 Å². The van der Waals surface area contributed by atoms with Gasteiger partial charge in [-0.25, -0.2) is 0 Å². The van der Waals surface area contributed by atoms with Gasteiger partial charge in [0, 0.05) is 44.4 Å². The molecule has 0 bridgehead atoms. The number of oxime groups is 1. The summed E-state index contributed by atoms with van der Waals surface area (Å²) >= 11 is 0. The Balaban J connectivity index is 2.25. The summed E-state index contributed by atoms with van der Waals surface area (Å²) in [6.45, 7) is 17.3. The van der Waals surface area contributed by atoms with Crippen LogP contribution < -0.4 is 0 Å². The van der Waals surface area contributed by atoms with Crippen LogP contribution >= 0.6 is 0 Å². The molecule has 0 radical (unpaired) electrons. The van der Waals surface area contributed by atoms with Crippen LogP contribution in [0.1, 0.15) is 94.9 Å². The van der Waals surface area contributed by atoms with Gasteiger partial charge in [0.25, 0.3) is 0 Å². The van der Waals surface area contributed by atoms with Gasteiger partial charge in [-0.2, -0.15) is 0 Å². The zero-order chi connectivity index (χ0) is 40.4. The number of aliphatic hydroxyl groups excluding tert-OH is 3. The van der Waals surface area contributed by atoms with Crippen LogP contribution in [0.2, 0.25) is 0 Å². The molecule has 3 saturated heterocycles. The van der Waals surface area contributed by atoms with E-state index in [0.29, 0.717) is 6.42 Å². The van der Waals surface area contributed by atoms with Crippen LogP contribution in [0, 0.1) is 23.7 Å². The number of carbonyl (C=O) groups is 1. The molecule has 3 fully saturated rings. The molecule has 0 aromatic carbocycles. The fraction of sp³-hybridized carbons (Fsp3) is 0.947. The van der Waals surface area contributed by atoms with E-state index in [1.807, 2.05) is 46.7 Å². The van der Waals surface area contributed by atoms with Gasteiger partial charge in [0.1, 0.15) is 23.9 Å². The Morgan fingerprint density at radius 2 is 1.49 bits per heavy atom. The highest BCUT2D eigenvalue weighted by molar-refractivity contribution is 5.88. The highest BCUT2D eigenvalue weighted by Crippen LogP contribution is 2.42. The number of cyclic esters (lactones) is 1. The SMILES string of the molecule is CC[C@H]1OC(=O)[C@H](C)[C@@H](O[C@H]2C[C@@](C)(OC)[C@@H](O)[C@H](C)O2)[C@H](C)[C@@H](O[C@@H]2O[C@H](C)C[C@H](N(C)C)[C@H]2O)[C@](C)(OC)C[C@@H](C)/C(=N/O)[C@H](C)[C@@H](O)[C@]1(C)O. The van der Waals surface area contributed by atoms with Crippen molar-refractivity contribution in [3.8, 4) is 0 Å². The van der Waals surface area contributed by atoms with Crippen LogP contribution in [0.4, 0.5) is 0 Å². The van der Waals surface area contributed by atoms with Gasteiger partial charge in [0.15, 0.2) is 12.6 Å². The normalized spacial score (nSPS) is 49.1. The number of nitrogens with zero attached hydrogens (tertiary/aromatic N) is 2. The first-order chi connectivity index (χ1) is 24.5. The third-order valence-electron chi connectivity index (χ3n) is 12.4. The van der Waals surface area contributed by atoms with Crippen molar-refractivity contribution < 1.29 is 63.6 Å². The molecular formula is C38H70N2O13. The van der Waals surface area contributed by atoms with Crippen LogP contribution in [-0.4, -0.2) is 155 Å². The van der Waals surface area contributed by atoms with Crippen molar-refractivity contribution in [1.29, 1.82) is 0 Å². The molecule has 3 aliphatic heterocycles. The van der Waals surface area contributed by atoms with Crippen molar-refractivity contribution >= 4 is 11.7 Å². The van der Waals surface area contributed by atoms with E-state index in [1.165, 1.54) is 21.1 Å². The molecule has 15 heteroatoms. The van der Waals surface area contributed by atoms with Crippen molar-refractivity contribution in [2.45, 2.75) is 179 Å². The molecule has 310 valence electrons. The number of ether oxygens (including phenoxy) is 7. The first kappa shape index (κ1) is 45.9. The number of aliphatic hydroxyl groups is 4. The Bertz CT molecular complexity index is 1220. The lowest BCUT2D eigenvalue weighted by molar-refractivity contribution is -0.319. The second-order valence-corrected chi connectivity index (χ2v) is 16.8. The van der Waals surface area contributed by atoms with Crippen LogP contribution in [0.5, 0.6) is 0 Å². The number of carbonyl (C=O) groups excluding carboxylic acids is 1. The Morgan fingerprint density at radius 1 is 0.887 bits per heavy atom. The lowest BCUT2D eigenvalue weighted by Crippen LogP contribution is -2.61. The topological polar surface area (TPSA) is 198 Å². The molecule has 3 rings (SSSR count). The van der Waals surface area contributed by atoms with Gasteiger partial charge in [0.05, 0.1) is 53.4 Å². The second kappa shape index (κ2) is 18.2. The van der Waals surface area contributed by atoms with E-state index < -0.39 is 102 Å². The molecule has 0 amide bonds. The molecule has 0 spiro atoms. The molecule has 0 aromatic rings. The summed E-state index contributed by atoms with van der Waals surface area (Å²) in [5.74, 6) is -3.82. The van der Waals surface area contributed by atoms with Crippen LogP contribution in [0.15, 0.2) is 5.16 Å². The Labute approximate surface area is 316 Å². The van der Waals surface area contributed by atoms with E-state index in [9.17, 15) is 30.4 Å². The molecule has 3 aliphatic rings. The standard InChI is InChI=1S/C38H70N2O13/c1-15-26-38(10,45)31(42)21(4)28(39-46)19(2)17-37(9,48-14)33(53-35-29(41)25(40(11)12)16-20(3)49-35)22(5)30(23(6)34(44)51-26)52-27-18-36(8,47-13)32(43)24(7)50-27/h19-27,29-33,35,41-43,45-46H,15-18H2,1-14H3/b39-28-/t19-,20-,21+,22+,23-,24+,25+,26-,27+,29-,30+,31-,32+,33-,35+,36-,37-,38-/m1/s1. The Morgan fingerprint density at radius 3 is 2.02 bits per heavy atom. The quantitative estimate of drug-likeness (QED) is 0.137. The van der Waals surface area contributed by atoms with Gasteiger partial charge in [-0.3, -0.25) is 4.79 Å². The molecular weight excluding hydrogens is 692 g/mol. The third-order valence-corrected chi connectivity index (χ3v) is 12.4. The smallest absolute Gasteiger partial charge is 0.311 e. The average molecular weight is 763 g/mol. The summed E-state index contributed by atoms with van der Waals surface area (Å²) in [7, 11) is 6.80. The van der Waals surface area contributed by atoms with Crippen molar-refractivity contribution in [2.75, 3.05) is 28.3 Å². The maximum Gasteiger partial charge on any atom is 0.311 e. The van der Waals surface area contributed by atoms with Gasteiger partial charge in [-0.05, 0) is 74.9 Å². The predicted octanol–water partition coefficient (Wildman–Crippen LogP) is 2.70. The largest absolute Gasteiger partial charge is 0.459 e. The van der Waals surface area contributed by atoms with Gasteiger partial charge in [-0.1, -0.05) is 32.9 Å². The van der Waals surface area contributed by atoms with Gasteiger partial charge in [-0.15, -0.1) is 0 Å². The van der Waals surface area contributed by atoms with Crippen LogP contribution in [0.25, 0.3) is 0 Å². The predicted molar refractivity (Wildman–Crippen MR) is 195 cm³/mol. The van der Waals surface area contributed by atoms with Crippen molar-refractivity contribution in [2.24, 2.45) is 28.8 Å². The highest BCUT2D eigenvalue weighted by atomic mass is 16.7. The summed E-state index contributed by atoms with van der Waals surface area (Å²) in [6.07, 6.45) is -8.53. The number of rotatable bonds is 8. The molecule has 3 heterocycles. The van der Waals surface area contributed by atoms with Crippen LogP contribution in [-0.2, 0) is 38.0 Å². The van der Waals surface area contributed by atoms with Crippen molar-refractivity contribution in [3.63, 3.8) is 0 Å². The molecule has 5 N–H and O–H groups in total. The fourth-order valence-corrected chi connectivity index (χ4v) is 8.78. The maximum atomic E-state index is 14.2. The van der Waals surface area contributed by atoms with Crippen molar-refractivity contribution in [1.82, 2.24) is 4.90 Å². The summed E-state index contributed by atoms with van der Waals surface area (Å²) in [4.78, 5) is 16.2. The molecule has 0 aliphatic carbocycles. The first-order valence-electron chi connectivity index (χ1n) is 19.1. The number of esters is 1.